The number of carbonyl (C=O) groups is 2. The van der Waals surface area contributed by atoms with Crippen LogP contribution < -0.4 is 5.32 Å². The number of hydrogen-bond acceptors (Lipinski definition) is 4. The molecule has 1 saturated heterocycles. The number of methoxy groups -OCH3 is 1. The van der Waals surface area contributed by atoms with Crippen molar-refractivity contribution in [2.75, 3.05) is 40.0 Å². The van der Waals surface area contributed by atoms with Gasteiger partial charge in [-0.05, 0) is 25.7 Å². The van der Waals surface area contributed by atoms with Crippen LogP contribution >= 0.6 is 0 Å². The number of urea groups is 1. The van der Waals surface area contributed by atoms with Gasteiger partial charge in [0.1, 0.15) is 6.54 Å². The van der Waals surface area contributed by atoms with E-state index in [4.69, 9.17) is 14.6 Å². The van der Waals surface area contributed by atoms with Crippen LogP contribution in [0.4, 0.5) is 4.79 Å². The molecule has 0 aromatic rings. The summed E-state index contributed by atoms with van der Waals surface area (Å²) in [7, 11) is 1.51. The minimum atomic E-state index is -1.04. The molecule has 7 heteroatoms. The van der Waals surface area contributed by atoms with Crippen LogP contribution in [0.3, 0.4) is 0 Å². The van der Waals surface area contributed by atoms with E-state index in [2.05, 4.69) is 5.32 Å². The van der Waals surface area contributed by atoms with Gasteiger partial charge in [-0.25, -0.2) is 4.79 Å². The van der Waals surface area contributed by atoms with Crippen LogP contribution in [0, 0.1) is 0 Å². The Kier molecular flexibility index (Phi) is 7.98. The van der Waals surface area contributed by atoms with Crippen molar-refractivity contribution in [1.82, 2.24) is 10.2 Å². The number of ether oxygens (including phenoxy) is 2. The highest BCUT2D eigenvalue weighted by Gasteiger charge is 2.17. The Morgan fingerprint density at radius 3 is 2.85 bits per heavy atom. The molecule has 1 aliphatic heterocycles. The highest BCUT2D eigenvalue weighted by Crippen LogP contribution is 2.14. The van der Waals surface area contributed by atoms with E-state index >= 15 is 0 Å². The zero-order valence-electron chi connectivity index (χ0n) is 12.0. The first-order valence-corrected chi connectivity index (χ1v) is 6.98. The maximum absolute atomic E-state index is 11.9. The minimum absolute atomic E-state index is 0.205. The van der Waals surface area contributed by atoms with E-state index < -0.39 is 5.97 Å². The van der Waals surface area contributed by atoms with Crippen LogP contribution in [-0.2, 0) is 14.3 Å². The van der Waals surface area contributed by atoms with E-state index in [1.165, 1.54) is 12.0 Å². The Bertz CT molecular complexity index is 305. The number of carbonyl (C=O) groups excluding carboxylic acids is 1. The van der Waals surface area contributed by atoms with Gasteiger partial charge in [-0.2, -0.15) is 0 Å². The second-order valence-corrected chi connectivity index (χ2v) is 4.82. The molecule has 116 valence electrons. The molecule has 20 heavy (non-hydrogen) atoms. The summed E-state index contributed by atoms with van der Waals surface area (Å²) in [5, 5.41) is 11.5. The molecule has 2 N–H and O–H groups in total. The van der Waals surface area contributed by atoms with Crippen LogP contribution in [-0.4, -0.2) is 68.1 Å². The Labute approximate surface area is 119 Å². The summed E-state index contributed by atoms with van der Waals surface area (Å²) >= 11 is 0. The van der Waals surface area contributed by atoms with E-state index in [0.29, 0.717) is 13.2 Å². The minimum Gasteiger partial charge on any atom is -0.480 e. The largest absolute Gasteiger partial charge is 0.480 e. The molecule has 0 bridgehead atoms. The fraction of sp³-hybridized carbons (Fsp3) is 0.846. The van der Waals surface area contributed by atoms with Crippen molar-refractivity contribution in [3.05, 3.63) is 0 Å². The van der Waals surface area contributed by atoms with Crippen LogP contribution in [0.1, 0.15) is 25.7 Å². The smallest absolute Gasteiger partial charge is 0.323 e. The normalized spacial score (nSPS) is 18.6. The second-order valence-electron chi connectivity index (χ2n) is 4.82. The number of nitrogens with zero attached hydrogens (tertiary/aromatic N) is 1. The zero-order chi connectivity index (χ0) is 14.8. The molecule has 0 spiro atoms. The number of aliphatic carboxylic acids is 1. The first-order valence-electron chi connectivity index (χ1n) is 6.98. The molecule has 2 amide bonds. The fourth-order valence-corrected chi connectivity index (χ4v) is 2.10. The Hall–Kier alpha value is -1.34. The van der Waals surface area contributed by atoms with Gasteiger partial charge in [-0.3, -0.25) is 4.79 Å². The number of amides is 2. The summed E-state index contributed by atoms with van der Waals surface area (Å²) in [5.74, 6) is -1.04. The number of carboxylic acid groups (broad SMARTS) is 1. The maximum Gasteiger partial charge on any atom is 0.323 e. The van der Waals surface area contributed by atoms with Gasteiger partial charge in [0.2, 0.25) is 0 Å². The van der Waals surface area contributed by atoms with E-state index in [0.717, 1.165) is 32.3 Å². The van der Waals surface area contributed by atoms with Crippen molar-refractivity contribution in [2.24, 2.45) is 0 Å². The number of rotatable bonds is 8. The quantitative estimate of drug-likeness (QED) is 0.686. The maximum atomic E-state index is 11.9. The molecule has 1 atom stereocenters. The van der Waals surface area contributed by atoms with E-state index in [1.54, 1.807) is 0 Å². The van der Waals surface area contributed by atoms with Crippen LogP contribution in [0.25, 0.3) is 0 Å². The lowest BCUT2D eigenvalue weighted by Gasteiger charge is -2.24. The van der Waals surface area contributed by atoms with Gasteiger partial charge < -0.3 is 24.8 Å². The van der Waals surface area contributed by atoms with Gasteiger partial charge in [-0.1, -0.05) is 0 Å². The standard InChI is InChI=1S/C13H24N2O5/c1-19-9-7-15(10-12(16)17)13(18)14-6-5-11-4-2-3-8-20-11/h11H,2-10H2,1H3,(H,14,18)(H,16,17). The third-order valence-electron chi connectivity index (χ3n) is 3.20. The van der Waals surface area contributed by atoms with Crippen molar-refractivity contribution in [2.45, 2.75) is 31.8 Å². The molecular weight excluding hydrogens is 264 g/mol. The first-order chi connectivity index (χ1) is 9.63. The van der Waals surface area contributed by atoms with Gasteiger partial charge >= 0.3 is 12.0 Å². The fourth-order valence-electron chi connectivity index (χ4n) is 2.10. The van der Waals surface area contributed by atoms with Crippen molar-refractivity contribution in [1.29, 1.82) is 0 Å². The summed E-state index contributed by atoms with van der Waals surface area (Å²) in [6.07, 6.45) is 4.26. The summed E-state index contributed by atoms with van der Waals surface area (Å²) in [6, 6.07) is -0.375. The molecule has 0 radical (unpaired) electrons. The summed E-state index contributed by atoms with van der Waals surface area (Å²) in [6.45, 7) is 1.53. The van der Waals surface area contributed by atoms with Gasteiger partial charge in [0, 0.05) is 26.8 Å². The SMILES string of the molecule is COCCN(CC(=O)O)C(=O)NCCC1CCCCO1. The third-order valence-corrected chi connectivity index (χ3v) is 3.20. The molecule has 1 unspecified atom stereocenters. The van der Waals surface area contributed by atoms with Crippen LogP contribution in [0.15, 0.2) is 0 Å². The average Bonchev–Trinajstić information content (AvgIpc) is 2.44. The van der Waals surface area contributed by atoms with Crippen LogP contribution in [0.2, 0.25) is 0 Å². The second kappa shape index (κ2) is 9.55. The molecule has 0 aromatic carbocycles. The molecular formula is C13H24N2O5. The number of hydrogen-bond donors (Lipinski definition) is 2. The first kappa shape index (κ1) is 16.7. The Morgan fingerprint density at radius 1 is 1.45 bits per heavy atom. The lowest BCUT2D eigenvalue weighted by atomic mass is 10.1. The van der Waals surface area contributed by atoms with Gasteiger partial charge in [0.25, 0.3) is 0 Å². The summed E-state index contributed by atoms with van der Waals surface area (Å²) < 4.78 is 10.4. The predicted molar refractivity (Wildman–Crippen MR) is 72.7 cm³/mol. The van der Waals surface area contributed by atoms with Crippen LogP contribution in [0.5, 0.6) is 0 Å². The molecule has 7 nitrogen and oxygen atoms in total. The van der Waals surface area contributed by atoms with Gasteiger partial charge in [0.15, 0.2) is 0 Å². The Morgan fingerprint density at radius 2 is 2.25 bits per heavy atom. The molecule has 1 fully saturated rings. The van der Waals surface area contributed by atoms with E-state index in [1.807, 2.05) is 0 Å². The average molecular weight is 288 g/mol. The lowest BCUT2D eigenvalue weighted by molar-refractivity contribution is -0.137. The summed E-state index contributed by atoms with van der Waals surface area (Å²) in [4.78, 5) is 23.8. The van der Waals surface area contributed by atoms with Crippen molar-refractivity contribution >= 4 is 12.0 Å². The van der Waals surface area contributed by atoms with E-state index in [9.17, 15) is 9.59 Å². The highest BCUT2D eigenvalue weighted by atomic mass is 16.5. The zero-order valence-corrected chi connectivity index (χ0v) is 12.0. The Balaban J connectivity index is 2.26. The lowest BCUT2D eigenvalue weighted by Crippen LogP contribution is -2.45. The molecule has 1 heterocycles. The van der Waals surface area contributed by atoms with Gasteiger partial charge in [-0.15, -0.1) is 0 Å². The van der Waals surface area contributed by atoms with E-state index in [-0.39, 0.29) is 25.2 Å². The summed E-state index contributed by atoms with van der Waals surface area (Å²) in [5.41, 5.74) is 0. The monoisotopic (exact) mass is 288 g/mol. The topological polar surface area (TPSA) is 88.1 Å². The molecule has 0 saturated carbocycles. The predicted octanol–water partition coefficient (Wildman–Crippen LogP) is 0.688. The molecule has 1 aliphatic rings. The number of nitrogens with one attached hydrogen (secondary N) is 1. The number of carboxylic acids is 1. The molecule has 0 aliphatic carbocycles. The molecule has 0 aromatic heterocycles. The van der Waals surface area contributed by atoms with Crippen molar-refractivity contribution in [3.63, 3.8) is 0 Å². The van der Waals surface area contributed by atoms with Crippen molar-refractivity contribution < 1.29 is 24.2 Å². The highest BCUT2D eigenvalue weighted by molar-refractivity contribution is 5.80. The third kappa shape index (κ3) is 6.72. The van der Waals surface area contributed by atoms with Gasteiger partial charge in [0.05, 0.1) is 12.7 Å². The molecule has 1 rings (SSSR count). The van der Waals surface area contributed by atoms with Crippen molar-refractivity contribution in [3.8, 4) is 0 Å².